The van der Waals surface area contributed by atoms with Crippen LogP contribution in [0.25, 0.3) is 11.1 Å². The smallest absolute Gasteiger partial charge is 0.323 e. The van der Waals surface area contributed by atoms with E-state index in [1.807, 2.05) is 23.1 Å². The van der Waals surface area contributed by atoms with Gasteiger partial charge in [0.2, 0.25) is 0 Å². The first-order chi connectivity index (χ1) is 16.0. The van der Waals surface area contributed by atoms with E-state index in [2.05, 4.69) is 4.98 Å². The number of rotatable bonds is 5. The number of benzene rings is 1. The first-order valence-electron chi connectivity index (χ1n) is 10.9. The number of methoxy groups -OCH3 is 1. The highest BCUT2D eigenvalue weighted by Gasteiger charge is 2.56. The molecule has 0 aliphatic carbocycles. The second-order valence-corrected chi connectivity index (χ2v) is 8.52. The Morgan fingerprint density at radius 3 is 2.70 bits per heavy atom. The van der Waals surface area contributed by atoms with Gasteiger partial charge in [0.25, 0.3) is 5.56 Å². The van der Waals surface area contributed by atoms with E-state index in [1.165, 1.54) is 13.2 Å². The Morgan fingerprint density at radius 2 is 2.00 bits per heavy atom. The minimum atomic E-state index is -0.648. The number of nitrogens with zero attached hydrogens (tertiary/aromatic N) is 3. The van der Waals surface area contributed by atoms with E-state index in [0.717, 1.165) is 11.3 Å². The molecule has 3 aromatic rings. The zero-order chi connectivity index (χ0) is 23.1. The van der Waals surface area contributed by atoms with Crippen LogP contribution in [0.5, 0.6) is 0 Å². The lowest BCUT2D eigenvalue weighted by Gasteiger charge is -2.29. The maximum atomic E-state index is 14.4. The number of aliphatic hydroxyl groups excluding tert-OH is 1. The van der Waals surface area contributed by atoms with Gasteiger partial charge < -0.3 is 14.4 Å². The molecule has 0 saturated carbocycles. The highest BCUT2D eigenvalue weighted by Crippen LogP contribution is 2.50. The van der Waals surface area contributed by atoms with Crippen molar-refractivity contribution in [1.82, 2.24) is 14.5 Å². The van der Waals surface area contributed by atoms with Crippen LogP contribution in [0.4, 0.5) is 4.39 Å². The number of likely N-dealkylation sites (tertiary alicyclic amines) is 1. The first kappa shape index (κ1) is 21.5. The third-order valence-electron chi connectivity index (χ3n) is 6.89. The van der Waals surface area contributed by atoms with E-state index in [4.69, 9.17) is 4.74 Å². The number of aliphatic hydroxyl groups is 1. The second-order valence-electron chi connectivity index (χ2n) is 8.52. The number of ether oxygens (including phenoxy) is 1. The number of carbonyl (C=O) groups excluding carboxylic acids is 1. The topological polar surface area (TPSA) is 84.7 Å². The van der Waals surface area contributed by atoms with Crippen LogP contribution >= 0.6 is 0 Å². The number of aromatic nitrogens is 2. The summed E-state index contributed by atoms with van der Waals surface area (Å²) in [4.78, 5) is 32.3. The summed E-state index contributed by atoms with van der Waals surface area (Å²) < 4.78 is 21.1. The molecule has 0 bridgehead atoms. The van der Waals surface area contributed by atoms with Crippen LogP contribution in [-0.4, -0.2) is 45.3 Å². The van der Waals surface area contributed by atoms with Gasteiger partial charge in [0.15, 0.2) is 0 Å². The quantitative estimate of drug-likeness (QED) is 0.602. The number of pyridine rings is 2. The van der Waals surface area contributed by atoms with Crippen LogP contribution in [0, 0.1) is 17.7 Å². The molecule has 1 N–H and O–H groups in total. The number of hydrogen-bond donors (Lipinski definition) is 1. The maximum absolute atomic E-state index is 14.4. The van der Waals surface area contributed by atoms with Crippen molar-refractivity contribution < 1.29 is 19.0 Å². The van der Waals surface area contributed by atoms with Crippen molar-refractivity contribution >= 4 is 5.97 Å². The number of hydrogen-bond acceptors (Lipinski definition) is 6. The summed E-state index contributed by atoms with van der Waals surface area (Å²) in [7, 11) is 1.34. The molecule has 2 aromatic heterocycles. The molecule has 0 radical (unpaired) electrons. The highest BCUT2D eigenvalue weighted by molar-refractivity contribution is 5.77. The van der Waals surface area contributed by atoms with Crippen molar-refractivity contribution in [1.29, 1.82) is 0 Å². The summed E-state index contributed by atoms with van der Waals surface area (Å²) in [5.74, 6) is -1.44. The fourth-order valence-corrected chi connectivity index (χ4v) is 5.46. The molecular weight excluding hydrogens is 425 g/mol. The van der Waals surface area contributed by atoms with Crippen molar-refractivity contribution in [2.24, 2.45) is 11.8 Å². The largest absolute Gasteiger partial charge is 0.468 e. The van der Waals surface area contributed by atoms with Gasteiger partial charge in [-0.25, -0.2) is 4.39 Å². The molecule has 0 amide bonds. The van der Waals surface area contributed by atoms with Crippen LogP contribution in [0.3, 0.4) is 0 Å². The van der Waals surface area contributed by atoms with Crippen molar-refractivity contribution in [3.63, 3.8) is 0 Å². The Labute approximate surface area is 190 Å². The molecule has 0 unspecified atom stereocenters. The fraction of sp³-hybridized carbons (Fsp3) is 0.320. The highest BCUT2D eigenvalue weighted by atomic mass is 19.1. The predicted molar refractivity (Wildman–Crippen MR) is 118 cm³/mol. The van der Waals surface area contributed by atoms with E-state index < -0.39 is 23.7 Å². The van der Waals surface area contributed by atoms with Gasteiger partial charge >= 0.3 is 5.97 Å². The monoisotopic (exact) mass is 449 g/mol. The van der Waals surface area contributed by atoms with E-state index in [-0.39, 0.29) is 29.7 Å². The van der Waals surface area contributed by atoms with Gasteiger partial charge in [-0.1, -0.05) is 24.3 Å². The van der Waals surface area contributed by atoms with Gasteiger partial charge in [0, 0.05) is 55.2 Å². The SMILES string of the molecule is COC(=O)[C@@H]1[C@@H](CO)[C@@H]2Cn3c(ccc(-c4ccccc4F)c3=O)[C@@H]2N1Cc1cccnc1. The summed E-state index contributed by atoms with van der Waals surface area (Å²) in [5, 5.41) is 10.2. The molecular formula is C25H24FN3O4. The molecule has 8 heteroatoms. The van der Waals surface area contributed by atoms with Crippen molar-refractivity contribution in [3.05, 3.63) is 88.4 Å². The molecule has 7 nitrogen and oxygen atoms in total. The standard InChI is InChI=1S/C25H24FN3O4/c1-33-25(32)23-19(14-30)18-13-28-21(22(18)29(23)12-15-5-4-10-27-11-15)9-8-17(24(28)31)16-6-2-3-7-20(16)26/h2-11,18-19,22-23,30H,12-14H2,1H3/t18-,19-,22+,23-/m0/s1. The molecule has 0 spiro atoms. The number of halogens is 1. The molecule has 2 aliphatic heterocycles. The Kier molecular flexibility index (Phi) is 5.55. The lowest BCUT2D eigenvalue weighted by Crippen LogP contribution is -2.43. The predicted octanol–water partition coefficient (Wildman–Crippen LogP) is 2.39. The average Bonchev–Trinajstić information content (AvgIpc) is 3.36. The summed E-state index contributed by atoms with van der Waals surface area (Å²) in [5.41, 5.74) is 1.93. The van der Waals surface area contributed by atoms with E-state index >= 15 is 0 Å². The number of fused-ring (bicyclic) bond motifs is 3. The molecule has 4 heterocycles. The minimum Gasteiger partial charge on any atom is -0.468 e. The molecule has 5 rings (SSSR count). The van der Waals surface area contributed by atoms with Crippen LogP contribution in [0.2, 0.25) is 0 Å². The van der Waals surface area contributed by atoms with Gasteiger partial charge in [-0.2, -0.15) is 0 Å². The third-order valence-corrected chi connectivity index (χ3v) is 6.89. The van der Waals surface area contributed by atoms with Gasteiger partial charge in [-0.3, -0.25) is 19.5 Å². The Hall–Kier alpha value is -3.36. The van der Waals surface area contributed by atoms with Crippen LogP contribution in [0.15, 0.2) is 65.7 Å². The molecule has 33 heavy (non-hydrogen) atoms. The minimum absolute atomic E-state index is 0.167. The van der Waals surface area contributed by atoms with Gasteiger partial charge in [-0.15, -0.1) is 0 Å². The van der Waals surface area contributed by atoms with Gasteiger partial charge in [0.05, 0.1) is 18.7 Å². The van der Waals surface area contributed by atoms with Crippen LogP contribution < -0.4 is 5.56 Å². The van der Waals surface area contributed by atoms with Gasteiger partial charge in [-0.05, 0) is 29.8 Å². The average molecular weight is 449 g/mol. The zero-order valence-corrected chi connectivity index (χ0v) is 18.1. The Balaban J connectivity index is 1.61. The lowest BCUT2D eigenvalue weighted by molar-refractivity contribution is -0.148. The Bertz CT molecular complexity index is 1250. The van der Waals surface area contributed by atoms with Crippen LogP contribution in [0.1, 0.15) is 17.3 Å². The van der Waals surface area contributed by atoms with Crippen molar-refractivity contribution in [3.8, 4) is 11.1 Å². The van der Waals surface area contributed by atoms with Gasteiger partial charge in [0.1, 0.15) is 11.9 Å². The zero-order valence-electron chi connectivity index (χ0n) is 18.1. The molecule has 170 valence electrons. The first-order valence-corrected chi connectivity index (χ1v) is 10.9. The Morgan fingerprint density at radius 1 is 1.18 bits per heavy atom. The summed E-state index contributed by atoms with van der Waals surface area (Å²) in [6.07, 6.45) is 3.41. The van der Waals surface area contributed by atoms with E-state index in [1.54, 1.807) is 41.2 Å². The van der Waals surface area contributed by atoms with Crippen molar-refractivity contribution in [2.75, 3.05) is 13.7 Å². The molecule has 1 fully saturated rings. The summed E-state index contributed by atoms with van der Waals surface area (Å²) >= 11 is 0. The summed E-state index contributed by atoms with van der Waals surface area (Å²) in [6, 6.07) is 12.5. The molecule has 1 saturated heterocycles. The van der Waals surface area contributed by atoms with Crippen molar-refractivity contribution in [2.45, 2.75) is 25.2 Å². The summed E-state index contributed by atoms with van der Waals surface area (Å²) in [6.45, 7) is 0.533. The fourth-order valence-electron chi connectivity index (χ4n) is 5.46. The maximum Gasteiger partial charge on any atom is 0.323 e. The molecule has 2 aliphatic rings. The number of esters is 1. The molecule has 1 aromatic carbocycles. The molecule has 4 atom stereocenters. The van der Waals surface area contributed by atoms with Crippen LogP contribution in [-0.2, 0) is 22.6 Å². The van der Waals surface area contributed by atoms with E-state index in [0.29, 0.717) is 18.7 Å². The normalized spacial score (nSPS) is 23.8. The number of carbonyl (C=O) groups is 1. The third kappa shape index (κ3) is 3.46. The second kappa shape index (κ2) is 8.53. The van der Waals surface area contributed by atoms with E-state index in [9.17, 15) is 19.1 Å². The lowest BCUT2D eigenvalue weighted by atomic mass is 9.88.